The highest BCUT2D eigenvalue weighted by Crippen LogP contribution is 2.36. The second kappa shape index (κ2) is 7.72. The van der Waals surface area contributed by atoms with Crippen LogP contribution in [0.15, 0.2) is 42.5 Å². The Balaban J connectivity index is 2.82. The lowest BCUT2D eigenvalue weighted by atomic mass is 10.1. The van der Waals surface area contributed by atoms with E-state index in [-0.39, 0.29) is 10.6 Å². The van der Waals surface area contributed by atoms with Gasteiger partial charge in [0.15, 0.2) is 5.78 Å². The first-order chi connectivity index (χ1) is 8.15. The molecule has 0 aromatic heterocycles. The monoisotopic (exact) mass is 312 g/mol. The summed E-state index contributed by atoms with van der Waals surface area (Å²) in [5.74, 6) is 1.14. The molecule has 3 heteroatoms. The molecule has 1 aromatic carbocycles. The van der Waals surface area contributed by atoms with Gasteiger partial charge in [0, 0.05) is 10.1 Å². The molecule has 0 radical (unpaired) electrons. The van der Waals surface area contributed by atoms with E-state index in [1.807, 2.05) is 36.0 Å². The number of allylic oxidation sites excluding steroid dienone is 2. The first kappa shape index (κ1) is 14.5. The van der Waals surface area contributed by atoms with Crippen LogP contribution in [0, 0.1) is 0 Å². The fourth-order valence-electron chi connectivity index (χ4n) is 1.52. The van der Waals surface area contributed by atoms with Gasteiger partial charge in [-0.2, -0.15) is 11.8 Å². The number of carbonyl (C=O) groups excluding carboxylic acids is 1. The Morgan fingerprint density at radius 3 is 2.59 bits per heavy atom. The van der Waals surface area contributed by atoms with Crippen LogP contribution in [0.2, 0.25) is 0 Å². The smallest absolute Gasteiger partial charge is 0.152 e. The molecule has 0 aliphatic heterocycles. The Morgan fingerprint density at radius 2 is 2.06 bits per heavy atom. The van der Waals surface area contributed by atoms with Gasteiger partial charge >= 0.3 is 0 Å². The maximum atomic E-state index is 11.0. The lowest BCUT2D eigenvalue weighted by Gasteiger charge is -2.19. The van der Waals surface area contributed by atoms with Crippen LogP contribution in [0.3, 0.4) is 0 Å². The highest BCUT2D eigenvalue weighted by Gasteiger charge is 2.18. The first-order valence-corrected chi connectivity index (χ1v) is 7.61. The first-order valence-electron chi connectivity index (χ1n) is 5.64. The molecule has 17 heavy (non-hydrogen) atoms. The standard InChI is InChI=1S/C14H17BrOS/c1-3-17-14(12-7-5-4-6-8-12)13(15)10-9-11(2)16/h4-10,13-14H,3H2,1-2H3/b10-9+/t13-,14+/m1/s1. The zero-order valence-electron chi connectivity index (χ0n) is 10.1. The van der Waals surface area contributed by atoms with Crippen LogP contribution in [-0.2, 0) is 4.79 Å². The van der Waals surface area contributed by atoms with Crippen LogP contribution in [-0.4, -0.2) is 16.4 Å². The van der Waals surface area contributed by atoms with E-state index in [1.54, 1.807) is 13.0 Å². The van der Waals surface area contributed by atoms with Gasteiger partial charge in [-0.15, -0.1) is 0 Å². The molecule has 0 saturated heterocycles. The normalized spacial score (nSPS) is 14.8. The Labute approximate surface area is 116 Å². The average Bonchev–Trinajstić information content (AvgIpc) is 2.34. The fraction of sp³-hybridized carbons (Fsp3) is 0.357. The highest BCUT2D eigenvalue weighted by atomic mass is 79.9. The van der Waals surface area contributed by atoms with Crippen molar-refractivity contribution in [3.8, 4) is 0 Å². The minimum absolute atomic E-state index is 0.0859. The zero-order valence-corrected chi connectivity index (χ0v) is 12.5. The minimum Gasteiger partial charge on any atom is -0.295 e. The van der Waals surface area contributed by atoms with E-state index < -0.39 is 0 Å². The molecule has 0 aliphatic carbocycles. The number of hydrogen-bond acceptors (Lipinski definition) is 2. The van der Waals surface area contributed by atoms with Gasteiger partial charge in [-0.25, -0.2) is 0 Å². The number of halogens is 1. The Bertz CT molecular complexity index is 375. The lowest BCUT2D eigenvalue weighted by molar-refractivity contribution is -0.112. The molecule has 2 atom stereocenters. The summed E-state index contributed by atoms with van der Waals surface area (Å²) in [4.78, 5) is 11.1. The van der Waals surface area contributed by atoms with Gasteiger partial charge in [0.1, 0.15) is 0 Å². The van der Waals surface area contributed by atoms with Gasteiger partial charge in [0.25, 0.3) is 0 Å². The van der Waals surface area contributed by atoms with Gasteiger partial charge in [0.2, 0.25) is 0 Å². The zero-order chi connectivity index (χ0) is 12.7. The van der Waals surface area contributed by atoms with Crippen LogP contribution in [0.5, 0.6) is 0 Å². The minimum atomic E-state index is 0.0859. The van der Waals surface area contributed by atoms with Crippen LogP contribution in [0.1, 0.15) is 24.7 Å². The summed E-state index contributed by atoms with van der Waals surface area (Å²) < 4.78 is 0. The number of ketones is 1. The van der Waals surface area contributed by atoms with Crippen molar-refractivity contribution < 1.29 is 4.79 Å². The van der Waals surface area contributed by atoms with E-state index >= 15 is 0 Å². The predicted octanol–water partition coefficient (Wildman–Crippen LogP) is 4.39. The third-order valence-corrected chi connectivity index (χ3v) is 4.72. The van der Waals surface area contributed by atoms with Gasteiger partial charge in [0.05, 0.1) is 0 Å². The Hall–Kier alpha value is -0.540. The Morgan fingerprint density at radius 1 is 1.41 bits per heavy atom. The molecule has 1 rings (SSSR count). The fourth-order valence-corrected chi connectivity index (χ4v) is 3.42. The SMILES string of the molecule is CCS[C@@H](c1ccccc1)[C@H](Br)/C=C/C(C)=O. The van der Waals surface area contributed by atoms with Crippen molar-refractivity contribution in [3.05, 3.63) is 48.0 Å². The molecule has 0 fully saturated rings. The molecular formula is C14H17BrOS. The van der Waals surface area contributed by atoms with E-state index in [1.165, 1.54) is 5.56 Å². The van der Waals surface area contributed by atoms with E-state index in [2.05, 4.69) is 35.0 Å². The van der Waals surface area contributed by atoms with Crippen LogP contribution in [0.4, 0.5) is 0 Å². The second-order valence-corrected chi connectivity index (χ2v) is 6.18. The molecule has 0 bridgehead atoms. The summed E-state index contributed by atoms with van der Waals surface area (Å²) in [7, 11) is 0. The molecule has 1 nitrogen and oxygen atoms in total. The molecule has 0 heterocycles. The molecular weight excluding hydrogens is 296 g/mol. The third-order valence-electron chi connectivity index (χ3n) is 2.28. The van der Waals surface area contributed by atoms with Gasteiger partial charge in [-0.05, 0) is 24.3 Å². The summed E-state index contributed by atoms with van der Waals surface area (Å²) in [6.45, 7) is 3.72. The number of hydrogen-bond donors (Lipinski definition) is 0. The predicted molar refractivity (Wildman–Crippen MR) is 79.9 cm³/mol. The van der Waals surface area contributed by atoms with Crippen molar-refractivity contribution in [1.29, 1.82) is 0 Å². The van der Waals surface area contributed by atoms with Crippen molar-refractivity contribution in [2.24, 2.45) is 0 Å². The lowest BCUT2D eigenvalue weighted by Crippen LogP contribution is -2.07. The molecule has 0 N–H and O–H groups in total. The molecule has 0 aliphatic rings. The largest absolute Gasteiger partial charge is 0.295 e. The highest BCUT2D eigenvalue weighted by molar-refractivity contribution is 9.09. The molecule has 1 aromatic rings. The van der Waals surface area contributed by atoms with Crippen molar-refractivity contribution in [2.45, 2.75) is 23.9 Å². The van der Waals surface area contributed by atoms with Gasteiger partial charge in [-0.1, -0.05) is 59.3 Å². The molecule has 0 saturated carbocycles. The maximum Gasteiger partial charge on any atom is 0.152 e. The second-order valence-electron chi connectivity index (χ2n) is 3.70. The van der Waals surface area contributed by atoms with Gasteiger partial charge in [-0.3, -0.25) is 4.79 Å². The summed E-state index contributed by atoms with van der Waals surface area (Å²) in [6, 6.07) is 10.4. The summed E-state index contributed by atoms with van der Waals surface area (Å²) in [6.07, 6.45) is 3.56. The van der Waals surface area contributed by atoms with Crippen LogP contribution >= 0.6 is 27.7 Å². The number of carbonyl (C=O) groups is 1. The van der Waals surface area contributed by atoms with Crippen molar-refractivity contribution in [2.75, 3.05) is 5.75 Å². The van der Waals surface area contributed by atoms with Crippen molar-refractivity contribution in [3.63, 3.8) is 0 Å². The average molecular weight is 313 g/mol. The van der Waals surface area contributed by atoms with E-state index in [0.29, 0.717) is 5.25 Å². The number of rotatable bonds is 6. The third kappa shape index (κ3) is 5.09. The quantitative estimate of drug-likeness (QED) is 0.572. The van der Waals surface area contributed by atoms with E-state index in [9.17, 15) is 4.79 Å². The molecule has 0 unspecified atom stereocenters. The van der Waals surface area contributed by atoms with Crippen molar-refractivity contribution in [1.82, 2.24) is 0 Å². The number of benzene rings is 1. The molecule has 0 spiro atoms. The van der Waals surface area contributed by atoms with E-state index in [4.69, 9.17) is 0 Å². The summed E-state index contributed by atoms with van der Waals surface area (Å²) >= 11 is 5.53. The Kier molecular flexibility index (Phi) is 6.60. The summed E-state index contributed by atoms with van der Waals surface area (Å²) in [5, 5.41) is 0.344. The number of alkyl halides is 1. The number of thioether (sulfide) groups is 1. The van der Waals surface area contributed by atoms with Gasteiger partial charge < -0.3 is 0 Å². The van der Waals surface area contributed by atoms with Crippen LogP contribution in [0.25, 0.3) is 0 Å². The molecule has 0 amide bonds. The topological polar surface area (TPSA) is 17.1 Å². The van der Waals surface area contributed by atoms with Crippen LogP contribution < -0.4 is 0 Å². The summed E-state index contributed by atoms with van der Waals surface area (Å²) in [5.41, 5.74) is 1.29. The maximum absolute atomic E-state index is 11.0. The van der Waals surface area contributed by atoms with Crippen molar-refractivity contribution >= 4 is 33.5 Å². The molecule has 92 valence electrons. The van der Waals surface area contributed by atoms with E-state index in [0.717, 1.165) is 5.75 Å².